The van der Waals surface area contributed by atoms with E-state index in [0.29, 0.717) is 6.54 Å². The number of halogens is 1. The van der Waals surface area contributed by atoms with E-state index in [1.54, 1.807) is 0 Å². The van der Waals surface area contributed by atoms with Gasteiger partial charge in [0.2, 0.25) is 0 Å². The van der Waals surface area contributed by atoms with Gasteiger partial charge in [-0.15, -0.1) is 0 Å². The quantitative estimate of drug-likeness (QED) is 0.586. The summed E-state index contributed by atoms with van der Waals surface area (Å²) in [6.45, 7) is 11.7. The van der Waals surface area contributed by atoms with E-state index in [1.165, 1.54) is 5.57 Å². The fraction of sp³-hybridized carbons (Fsp3) is 0.833. The van der Waals surface area contributed by atoms with E-state index >= 15 is 0 Å². The number of hydrogen-bond donors (Lipinski definition) is 0. The number of nitrogens with zero attached hydrogens (tertiary/aromatic N) is 1. The van der Waals surface area contributed by atoms with Gasteiger partial charge < -0.3 is 0 Å². The first-order chi connectivity index (χ1) is 6.66. The van der Waals surface area contributed by atoms with Crippen molar-refractivity contribution in [1.82, 2.24) is 4.90 Å². The molecule has 0 spiro atoms. The second-order valence-electron chi connectivity index (χ2n) is 4.19. The highest BCUT2D eigenvalue weighted by Crippen LogP contribution is 2.43. The average molecular weight is 199 g/mol. The van der Waals surface area contributed by atoms with Crippen LogP contribution < -0.4 is 0 Å². The molecular formula is C12H22FN. The van der Waals surface area contributed by atoms with Crippen LogP contribution in [0.2, 0.25) is 0 Å². The minimum atomic E-state index is -0.599. The molecule has 2 heteroatoms. The smallest absolute Gasteiger partial charge is 0.115 e. The Balaban J connectivity index is 0.000000461. The second kappa shape index (κ2) is 4.43. The summed E-state index contributed by atoms with van der Waals surface area (Å²) in [6, 6.07) is 0. The van der Waals surface area contributed by atoms with Gasteiger partial charge in [0.25, 0.3) is 0 Å². The molecule has 14 heavy (non-hydrogen) atoms. The molecule has 82 valence electrons. The van der Waals surface area contributed by atoms with Crippen LogP contribution >= 0.6 is 0 Å². The van der Waals surface area contributed by atoms with Crippen molar-refractivity contribution < 1.29 is 4.39 Å². The van der Waals surface area contributed by atoms with Gasteiger partial charge >= 0.3 is 0 Å². The van der Waals surface area contributed by atoms with E-state index < -0.39 is 6.17 Å². The fourth-order valence-electron chi connectivity index (χ4n) is 2.74. The van der Waals surface area contributed by atoms with Crippen LogP contribution in [0.3, 0.4) is 0 Å². The van der Waals surface area contributed by atoms with E-state index in [-0.39, 0.29) is 5.54 Å². The van der Waals surface area contributed by atoms with Crippen LogP contribution in [0.25, 0.3) is 0 Å². The Morgan fingerprint density at radius 3 is 2.71 bits per heavy atom. The lowest BCUT2D eigenvalue weighted by atomic mass is 9.90. The predicted octanol–water partition coefficient (Wildman–Crippen LogP) is 3.17. The molecule has 2 aliphatic heterocycles. The van der Waals surface area contributed by atoms with Gasteiger partial charge in [0.15, 0.2) is 0 Å². The van der Waals surface area contributed by atoms with Gasteiger partial charge in [-0.1, -0.05) is 32.9 Å². The molecular weight excluding hydrogens is 177 g/mol. The number of hydrogen-bond acceptors (Lipinski definition) is 1. The van der Waals surface area contributed by atoms with Crippen molar-refractivity contribution in [3.05, 3.63) is 12.2 Å². The summed E-state index contributed by atoms with van der Waals surface area (Å²) in [5.41, 5.74) is 1.43. The van der Waals surface area contributed by atoms with Crippen molar-refractivity contribution in [2.75, 3.05) is 13.1 Å². The van der Waals surface area contributed by atoms with Crippen LogP contribution in [-0.4, -0.2) is 29.7 Å². The third-order valence-electron chi connectivity index (χ3n) is 3.34. The fourth-order valence-corrected chi connectivity index (χ4v) is 2.74. The van der Waals surface area contributed by atoms with Gasteiger partial charge in [-0.05, 0) is 19.3 Å². The largest absolute Gasteiger partial charge is 0.290 e. The van der Waals surface area contributed by atoms with Crippen molar-refractivity contribution >= 4 is 0 Å². The second-order valence-corrected chi connectivity index (χ2v) is 4.19. The Hall–Kier alpha value is -0.370. The molecule has 0 bridgehead atoms. The van der Waals surface area contributed by atoms with Crippen LogP contribution in [0.15, 0.2) is 12.2 Å². The van der Waals surface area contributed by atoms with Gasteiger partial charge in [-0.25, -0.2) is 4.39 Å². The zero-order valence-electron chi connectivity index (χ0n) is 9.65. The Kier molecular flexibility index (Phi) is 3.71. The molecule has 0 aromatic heterocycles. The molecule has 2 atom stereocenters. The summed E-state index contributed by atoms with van der Waals surface area (Å²) in [6.07, 6.45) is 2.21. The lowest BCUT2D eigenvalue weighted by Crippen LogP contribution is -2.37. The molecule has 0 aromatic rings. The molecule has 0 aromatic carbocycles. The minimum absolute atomic E-state index is 0.149. The minimum Gasteiger partial charge on any atom is -0.290 e. The summed E-state index contributed by atoms with van der Waals surface area (Å²) in [5, 5.41) is 0. The van der Waals surface area contributed by atoms with Crippen molar-refractivity contribution in [3.63, 3.8) is 0 Å². The number of rotatable bonds is 1. The van der Waals surface area contributed by atoms with E-state index in [1.807, 2.05) is 13.8 Å². The van der Waals surface area contributed by atoms with Crippen LogP contribution in [0.5, 0.6) is 0 Å². The highest BCUT2D eigenvalue weighted by Gasteiger charge is 2.48. The monoisotopic (exact) mass is 199 g/mol. The lowest BCUT2D eigenvalue weighted by molar-refractivity contribution is 0.189. The summed E-state index contributed by atoms with van der Waals surface area (Å²) >= 11 is 0. The molecule has 0 aliphatic carbocycles. The maximum Gasteiger partial charge on any atom is 0.115 e. The predicted molar refractivity (Wildman–Crippen MR) is 59.2 cm³/mol. The zero-order valence-corrected chi connectivity index (χ0v) is 9.65. The first-order valence-corrected chi connectivity index (χ1v) is 5.72. The molecule has 2 rings (SSSR count). The first kappa shape index (κ1) is 11.7. The maximum absolute atomic E-state index is 13.1. The Bertz CT molecular complexity index is 214. The van der Waals surface area contributed by atoms with E-state index in [4.69, 9.17) is 0 Å². The Morgan fingerprint density at radius 2 is 2.21 bits per heavy atom. The van der Waals surface area contributed by atoms with Crippen molar-refractivity contribution in [3.8, 4) is 0 Å². The van der Waals surface area contributed by atoms with E-state index in [0.717, 1.165) is 25.8 Å². The van der Waals surface area contributed by atoms with E-state index in [2.05, 4.69) is 18.4 Å². The van der Waals surface area contributed by atoms with Crippen molar-refractivity contribution in [2.45, 2.75) is 51.7 Å². The maximum atomic E-state index is 13.1. The van der Waals surface area contributed by atoms with Gasteiger partial charge in [0.1, 0.15) is 6.17 Å². The zero-order chi connectivity index (χ0) is 10.8. The topological polar surface area (TPSA) is 3.24 Å². The number of fused-ring (bicyclic) bond motifs is 1. The van der Waals surface area contributed by atoms with Crippen molar-refractivity contribution in [2.24, 2.45) is 0 Å². The molecule has 0 amide bonds. The lowest BCUT2D eigenvalue weighted by Gasteiger charge is -2.29. The third kappa shape index (κ3) is 1.85. The molecule has 2 aliphatic rings. The van der Waals surface area contributed by atoms with Gasteiger partial charge in [0.05, 0.1) is 0 Å². The normalized spacial score (nSPS) is 36.6. The Labute approximate surface area is 87.0 Å². The molecule has 2 fully saturated rings. The summed E-state index contributed by atoms with van der Waals surface area (Å²) in [7, 11) is 0. The van der Waals surface area contributed by atoms with Gasteiger partial charge in [-0.3, -0.25) is 4.90 Å². The molecule has 0 unspecified atom stereocenters. The first-order valence-electron chi connectivity index (χ1n) is 5.72. The summed E-state index contributed by atoms with van der Waals surface area (Å²) in [4.78, 5) is 2.28. The van der Waals surface area contributed by atoms with Crippen LogP contribution in [0, 0.1) is 0 Å². The van der Waals surface area contributed by atoms with Crippen LogP contribution in [-0.2, 0) is 0 Å². The third-order valence-corrected chi connectivity index (χ3v) is 3.34. The van der Waals surface area contributed by atoms with Gasteiger partial charge in [-0.2, -0.15) is 0 Å². The van der Waals surface area contributed by atoms with E-state index in [9.17, 15) is 4.39 Å². The standard InChI is InChI=1S/C10H16FN.C2H6/c1-3-10-4-8(2)6-12(10)7-9(11)5-10;1-2/h9H,2-7H2,1H3;1-2H3/t9-,10+;/m1./s1. The van der Waals surface area contributed by atoms with Gasteiger partial charge in [0, 0.05) is 18.6 Å². The number of alkyl halides is 1. The SMILES string of the molecule is C=C1CN2C[C@H](F)C[C@]2(CC)C1.CC. The van der Waals surface area contributed by atoms with Crippen LogP contribution in [0.1, 0.15) is 40.0 Å². The molecule has 1 nitrogen and oxygen atoms in total. The molecule has 0 radical (unpaired) electrons. The molecule has 0 saturated carbocycles. The summed E-state index contributed by atoms with van der Waals surface area (Å²) in [5.74, 6) is 0. The Morgan fingerprint density at radius 1 is 1.57 bits per heavy atom. The molecule has 0 N–H and O–H groups in total. The highest BCUT2D eigenvalue weighted by atomic mass is 19.1. The summed E-state index contributed by atoms with van der Waals surface area (Å²) < 4.78 is 13.1. The molecule has 2 heterocycles. The average Bonchev–Trinajstić information content (AvgIpc) is 2.60. The van der Waals surface area contributed by atoms with Crippen LogP contribution in [0.4, 0.5) is 4.39 Å². The van der Waals surface area contributed by atoms with Crippen molar-refractivity contribution in [1.29, 1.82) is 0 Å². The highest BCUT2D eigenvalue weighted by molar-refractivity contribution is 5.18. The molecule has 2 saturated heterocycles.